The van der Waals surface area contributed by atoms with Crippen molar-refractivity contribution >= 4 is 16.0 Å². The number of ketones is 1. The van der Waals surface area contributed by atoms with Gasteiger partial charge >= 0.3 is 6.18 Å². The highest BCUT2D eigenvalue weighted by Crippen LogP contribution is 2.50. The van der Waals surface area contributed by atoms with E-state index in [-0.39, 0.29) is 24.2 Å². The molecule has 0 unspecified atom stereocenters. The third-order valence-electron chi connectivity index (χ3n) is 6.32. The fourth-order valence-corrected chi connectivity index (χ4v) is 6.77. The quantitative estimate of drug-likeness (QED) is 0.773. The maximum Gasteiger partial charge on any atom is 0.402 e. The lowest BCUT2D eigenvalue weighted by atomic mass is 9.79. The average Bonchev–Trinajstić information content (AvgIpc) is 2.90. The standard InChI is InChI=1S/C18H21F3N2O3S/c1-11(24)12-2-3-13-7-15-4-5-16(8-14(13)6-12)17(15)9-23(10-18(19,20)21)27(25,26)22-17/h2-3,6,15-16,22H,4-5,7-10H2,1H3/t15-,16+,17-/m1/s1. The number of halogens is 3. The topological polar surface area (TPSA) is 66.5 Å². The Morgan fingerprint density at radius 3 is 2.44 bits per heavy atom. The number of nitrogens with one attached hydrogen (secondary N) is 1. The van der Waals surface area contributed by atoms with Crippen molar-refractivity contribution in [3.8, 4) is 0 Å². The summed E-state index contributed by atoms with van der Waals surface area (Å²) in [6, 6.07) is 5.52. The van der Waals surface area contributed by atoms with Gasteiger partial charge in [0.05, 0.1) is 5.54 Å². The lowest BCUT2D eigenvalue weighted by Crippen LogP contribution is -2.52. The maximum atomic E-state index is 12.9. The number of benzene rings is 1. The Labute approximate surface area is 156 Å². The van der Waals surface area contributed by atoms with Crippen LogP contribution in [0.2, 0.25) is 0 Å². The van der Waals surface area contributed by atoms with Crippen LogP contribution in [0.4, 0.5) is 13.2 Å². The van der Waals surface area contributed by atoms with Crippen LogP contribution in [0.1, 0.15) is 41.3 Å². The fraction of sp³-hybridized carbons (Fsp3) is 0.611. The van der Waals surface area contributed by atoms with E-state index in [0.29, 0.717) is 22.7 Å². The third-order valence-corrected chi connectivity index (χ3v) is 7.89. The minimum absolute atomic E-state index is 0.0418. The van der Waals surface area contributed by atoms with E-state index in [1.54, 1.807) is 6.07 Å². The molecule has 3 atom stereocenters. The molecule has 2 aliphatic carbocycles. The number of Topliss-reactive ketones (excluding diaryl/α,β-unsaturated/α-hetero) is 1. The van der Waals surface area contributed by atoms with E-state index in [2.05, 4.69) is 4.72 Å². The molecule has 148 valence electrons. The minimum atomic E-state index is -4.58. The first-order valence-corrected chi connectivity index (χ1v) is 10.4. The Hall–Kier alpha value is -1.45. The van der Waals surface area contributed by atoms with Crippen molar-refractivity contribution in [3.05, 3.63) is 34.9 Å². The predicted octanol–water partition coefficient (Wildman–Crippen LogP) is 2.47. The number of alkyl halides is 3. The van der Waals surface area contributed by atoms with Gasteiger partial charge in [-0.3, -0.25) is 4.79 Å². The van der Waals surface area contributed by atoms with E-state index < -0.39 is 28.5 Å². The van der Waals surface area contributed by atoms with Gasteiger partial charge in [0, 0.05) is 12.1 Å². The van der Waals surface area contributed by atoms with Gasteiger partial charge in [-0.2, -0.15) is 30.6 Å². The van der Waals surface area contributed by atoms with Gasteiger partial charge in [-0.05, 0) is 61.6 Å². The molecule has 4 rings (SSSR count). The molecule has 27 heavy (non-hydrogen) atoms. The zero-order valence-corrected chi connectivity index (χ0v) is 15.7. The largest absolute Gasteiger partial charge is 0.402 e. The summed E-state index contributed by atoms with van der Waals surface area (Å²) in [6.45, 7) is -0.130. The highest BCUT2D eigenvalue weighted by atomic mass is 32.2. The number of rotatable bonds is 2. The van der Waals surface area contributed by atoms with Gasteiger partial charge in [-0.1, -0.05) is 12.1 Å². The molecule has 2 bridgehead atoms. The van der Waals surface area contributed by atoms with Crippen LogP contribution >= 0.6 is 0 Å². The average molecular weight is 402 g/mol. The second-order valence-electron chi connectivity index (χ2n) is 7.95. The zero-order valence-electron chi connectivity index (χ0n) is 14.8. The summed E-state index contributed by atoms with van der Waals surface area (Å²) in [5.41, 5.74) is 1.79. The van der Waals surface area contributed by atoms with E-state index in [4.69, 9.17) is 0 Å². The summed E-state index contributed by atoms with van der Waals surface area (Å²) < 4.78 is 66.6. The van der Waals surface area contributed by atoms with Gasteiger partial charge in [0.25, 0.3) is 10.2 Å². The smallest absolute Gasteiger partial charge is 0.295 e. The SMILES string of the molecule is CC(=O)c1ccc2c(c1)C[C@@H]1CC[C@H](C2)[C@]12CN(CC(F)(F)F)S(=O)(=O)N2. The van der Waals surface area contributed by atoms with Gasteiger partial charge in [0.1, 0.15) is 6.54 Å². The molecule has 1 aromatic rings. The third kappa shape index (κ3) is 3.19. The summed E-state index contributed by atoms with van der Waals surface area (Å²) in [5.74, 6) is -0.182. The first kappa shape index (κ1) is 18.9. The molecule has 2 fully saturated rings. The van der Waals surface area contributed by atoms with E-state index in [9.17, 15) is 26.4 Å². The number of hydrogen-bond acceptors (Lipinski definition) is 3. The van der Waals surface area contributed by atoms with E-state index in [1.165, 1.54) is 6.92 Å². The van der Waals surface area contributed by atoms with E-state index in [1.807, 2.05) is 12.1 Å². The van der Waals surface area contributed by atoms with Crippen LogP contribution in [0.5, 0.6) is 0 Å². The fourth-order valence-electron chi connectivity index (χ4n) is 5.06. The van der Waals surface area contributed by atoms with Gasteiger partial charge < -0.3 is 0 Å². The Bertz CT molecular complexity index is 900. The van der Waals surface area contributed by atoms with Crippen LogP contribution in [0.25, 0.3) is 0 Å². The molecular weight excluding hydrogens is 381 g/mol. The van der Waals surface area contributed by atoms with Gasteiger partial charge in [0.15, 0.2) is 5.78 Å². The van der Waals surface area contributed by atoms with Crippen molar-refractivity contribution < 1.29 is 26.4 Å². The van der Waals surface area contributed by atoms with Crippen molar-refractivity contribution in [1.82, 2.24) is 9.03 Å². The monoisotopic (exact) mass is 402 g/mol. The van der Waals surface area contributed by atoms with Crippen LogP contribution < -0.4 is 4.72 Å². The molecule has 1 aromatic carbocycles. The van der Waals surface area contributed by atoms with Crippen LogP contribution in [-0.2, 0) is 23.1 Å². The molecule has 1 N–H and O–H groups in total. The molecule has 1 heterocycles. The highest BCUT2D eigenvalue weighted by molar-refractivity contribution is 7.87. The second kappa shape index (κ2) is 6.02. The molecule has 0 amide bonds. The first-order chi connectivity index (χ1) is 12.5. The molecular formula is C18H21F3N2O3S. The lowest BCUT2D eigenvalue weighted by Gasteiger charge is -2.33. The number of hydrogen-bond donors (Lipinski definition) is 1. The Morgan fingerprint density at radius 1 is 1.22 bits per heavy atom. The summed E-state index contributed by atoms with van der Waals surface area (Å²) in [5, 5.41) is 0. The number of fused-ring (bicyclic) bond motifs is 1. The summed E-state index contributed by atoms with van der Waals surface area (Å²) in [4.78, 5) is 11.7. The van der Waals surface area contributed by atoms with Crippen molar-refractivity contribution in [2.45, 2.75) is 44.3 Å². The molecule has 1 saturated carbocycles. The van der Waals surface area contributed by atoms with Crippen LogP contribution in [0.15, 0.2) is 18.2 Å². The molecule has 0 aromatic heterocycles. The summed E-state index contributed by atoms with van der Waals surface area (Å²) in [6.07, 6.45) is -1.87. The van der Waals surface area contributed by atoms with Gasteiger partial charge in [-0.25, -0.2) is 0 Å². The van der Waals surface area contributed by atoms with Crippen molar-refractivity contribution in [2.75, 3.05) is 13.1 Å². The van der Waals surface area contributed by atoms with Crippen LogP contribution in [0, 0.1) is 11.8 Å². The lowest BCUT2D eigenvalue weighted by molar-refractivity contribution is -0.136. The summed E-state index contributed by atoms with van der Waals surface area (Å²) in [7, 11) is -4.17. The Morgan fingerprint density at radius 2 is 1.85 bits per heavy atom. The summed E-state index contributed by atoms with van der Waals surface area (Å²) >= 11 is 0. The van der Waals surface area contributed by atoms with Crippen LogP contribution in [-0.4, -0.2) is 43.3 Å². The highest BCUT2D eigenvalue weighted by Gasteiger charge is 2.60. The molecule has 5 nitrogen and oxygen atoms in total. The van der Waals surface area contributed by atoms with Gasteiger partial charge in [-0.15, -0.1) is 0 Å². The second-order valence-corrected chi connectivity index (χ2v) is 9.62. The number of nitrogens with zero attached hydrogens (tertiary/aromatic N) is 1. The Kier molecular flexibility index (Phi) is 4.21. The molecule has 1 spiro atoms. The molecule has 0 radical (unpaired) electrons. The molecule has 1 aliphatic heterocycles. The number of carbonyl (C=O) groups is 1. The van der Waals surface area contributed by atoms with Gasteiger partial charge in [0.2, 0.25) is 0 Å². The molecule has 9 heteroatoms. The molecule has 3 aliphatic rings. The van der Waals surface area contributed by atoms with Crippen molar-refractivity contribution in [1.29, 1.82) is 0 Å². The first-order valence-electron chi connectivity index (χ1n) is 8.99. The maximum absolute atomic E-state index is 12.9. The minimum Gasteiger partial charge on any atom is -0.295 e. The van der Waals surface area contributed by atoms with Crippen LogP contribution in [0.3, 0.4) is 0 Å². The zero-order chi connectivity index (χ0) is 19.6. The normalized spacial score (nSPS) is 32.4. The van der Waals surface area contributed by atoms with Crippen molar-refractivity contribution in [3.63, 3.8) is 0 Å². The van der Waals surface area contributed by atoms with Crippen molar-refractivity contribution in [2.24, 2.45) is 11.8 Å². The molecule has 1 saturated heterocycles. The predicted molar refractivity (Wildman–Crippen MR) is 92.5 cm³/mol. The van der Waals surface area contributed by atoms with E-state index >= 15 is 0 Å². The van der Waals surface area contributed by atoms with E-state index in [0.717, 1.165) is 24.0 Å². The number of carbonyl (C=O) groups excluding carboxylic acids is 1. The Balaban J connectivity index is 1.69.